The van der Waals surface area contributed by atoms with E-state index in [0.29, 0.717) is 6.04 Å². The zero-order valence-corrected chi connectivity index (χ0v) is 12.2. The maximum atomic E-state index is 4.90. The molecule has 3 rings (SSSR count). The van der Waals surface area contributed by atoms with Crippen molar-refractivity contribution in [3.63, 3.8) is 0 Å². The molecule has 0 radical (unpaired) electrons. The third-order valence-electron chi connectivity index (χ3n) is 4.42. The van der Waals surface area contributed by atoms with E-state index in [1.165, 1.54) is 60.9 Å². The van der Waals surface area contributed by atoms with Crippen LogP contribution in [0, 0.1) is 5.92 Å². The van der Waals surface area contributed by atoms with E-state index in [4.69, 9.17) is 4.98 Å². The van der Waals surface area contributed by atoms with Gasteiger partial charge < -0.3 is 10.2 Å². The zero-order chi connectivity index (χ0) is 12.5. The minimum Gasteiger partial charge on any atom is -0.348 e. The fourth-order valence-electron chi connectivity index (χ4n) is 3.16. The van der Waals surface area contributed by atoms with Crippen LogP contribution >= 0.6 is 11.3 Å². The predicted octanol–water partition coefficient (Wildman–Crippen LogP) is 2.98. The van der Waals surface area contributed by atoms with Gasteiger partial charge in [-0.15, -0.1) is 0 Å². The maximum Gasteiger partial charge on any atom is 0.185 e. The highest BCUT2D eigenvalue weighted by Gasteiger charge is 2.28. The van der Waals surface area contributed by atoms with E-state index in [2.05, 4.69) is 24.2 Å². The number of aryl methyl sites for hydroxylation is 1. The molecule has 0 bridgehead atoms. The molecule has 0 amide bonds. The predicted molar refractivity (Wildman–Crippen MR) is 77.5 cm³/mol. The second-order valence-corrected chi connectivity index (χ2v) is 6.56. The smallest absolute Gasteiger partial charge is 0.185 e. The third kappa shape index (κ3) is 2.16. The molecule has 1 fully saturated rings. The van der Waals surface area contributed by atoms with Gasteiger partial charge in [0.15, 0.2) is 5.13 Å². The van der Waals surface area contributed by atoms with Crippen LogP contribution in [0.4, 0.5) is 5.13 Å². The van der Waals surface area contributed by atoms with Crippen molar-refractivity contribution < 1.29 is 0 Å². The van der Waals surface area contributed by atoms with Gasteiger partial charge in [0.05, 0.1) is 5.69 Å². The van der Waals surface area contributed by atoms with E-state index in [1.807, 2.05) is 11.3 Å². The number of thiazole rings is 1. The summed E-state index contributed by atoms with van der Waals surface area (Å²) in [5.74, 6) is 0.881. The molecule has 2 heterocycles. The summed E-state index contributed by atoms with van der Waals surface area (Å²) < 4.78 is 0. The van der Waals surface area contributed by atoms with Crippen molar-refractivity contribution >= 4 is 16.5 Å². The van der Waals surface area contributed by atoms with Crippen LogP contribution in [0.2, 0.25) is 0 Å². The fourth-order valence-corrected chi connectivity index (χ4v) is 4.45. The average molecular weight is 265 g/mol. The normalized spacial score (nSPS) is 27.6. The summed E-state index contributed by atoms with van der Waals surface area (Å²) in [6, 6.07) is 0.546. The first-order chi connectivity index (χ1) is 8.81. The molecule has 2 unspecified atom stereocenters. The highest BCUT2D eigenvalue weighted by atomic mass is 32.1. The second kappa shape index (κ2) is 5.17. The van der Waals surface area contributed by atoms with Crippen LogP contribution in [0.3, 0.4) is 0 Å². The largest absolute Gasteiger partial charge is 0.348 e. The number of rotatable bonds is 3. The van der Waals surface area contributed by atoms with Gasteiger partial charge >= 0.3 is 0 Å². The lowest BCUT2D eigenvalue weighted by atomic mass is 9.98. The van der Waals surface area contributed by atoms with Gasteiger partial charge in [-0.3, -0.25) is 0 Å². The number of hydrogen-bond acceptors (Lipinski definition) is 4. The fraction of sp³-hybridized carbons (Fsp3) is 0.786. The molecule has 3 nitrogen and oxygen atoms in total. The molecule has 1 saturated heterocycles. The number of nitrogens with one attached hydrogen (secondary N) is 1. The second-order valence-electron chi connectivity index (χ2n) is 5.55. The molecule has 100 valence electrons. The Kier molecular flexibility index (Phi) is 3.57. The molecule has 18 heavy (non-hydrogen) atoms. The van der Waals surface area contributed by atoms with Crippen molar-refractivity contribution in [2.24, 2.45) is 5.92 Å². The Labute approximate surface area is 114 Å². The van der Waals surface area contributed by atoms with Crippen molar-refractivity contribution in [2.75, 3.05) is 25.0 Å². The number of fused-ring (bicyclic) bond motifs is 1. The molecule has 2 aliphatic rings. The Morgan fingerprint density at radius 2 is 2.33 bits per heavy atom. The monoisotopic (exact) mass is 265 g/mol. The van der Waals surface area contributed by atoms with Crippen molar-refractivity contribution in [2.45, 2.75) is 45.1 Å². The van der Waals surface area contributed by atoms with E-state index in [-0.39, 0.29) is 0 Å². The van der Waals surface area contributed by atoms with Gasteiger partial charge in [-0.2, -0.15) is 0 Å². The molecule has 4 heteroatoms. The van der Waals surface area contributed by atoms with E-state index in [0.717, 1.165) is 5.92 Å². The van der Waals surface area contributed by atoms with E-state index >= 15 is 0 Å². The molecule has 2 atom stereocenters. The summed E-state index contributed by atoms with van der Waals surface area (Å²) in [7, 11) is 2.07. The minimum atomic E-state index is 0.546. The van der Waals surface area contributed by atoms with Crippen LogP contribution in [0.5, 0.6) is 0 Å². The average Bonchev–Trinajstić information content (AvgIpc) is 3.03. The first kappa shape index (κ1) is 12.4. The summed E-state index contributed by atoms with van der Waals surface area (Å²) in [5.41, 5.74) is 1.36. The Hall–Kier alpha value is -0.610. The van der Waals surface area contributed by atoms with E-state index in [9.17, 15) is 0 Å². The number of nitrogens with zero attached hydrogens (tertiary/aromatic N) is 2. The summed E-state index contributed by atoms with van der Waals surface area (Å²) in [6.45, 7) is 4.72. The summed E-state index contributed by atoms with van der Waals surface area (Å²) >= 11 is 1.93. The lowest BCUT2D eigenvalue weighted by Crippen LogP contribution is -2.20. The van der Waals surface area contributed by atoms with Crippen molar-refractivity contribution in [3.05, 3.63) is 10.6 Å². The first-order valence-electron chi connectivity index (χ1n) is 7.23. The Bertz CT molecular complexity index is 415. The molecular weight excluding hydrogens is 242 g/mol. The van der Waals surface area contributed by atoms with Crippen molar-refractivity contribution in [1.29, 1.82) is 0 Å². The van der Waals surface area contributed by atoms with Gasteiger partial charge in [-0.05, 0) is 38.6 Å². The van der Waals surface area contributed by atoms with Crippen LogP contribution in [0.1, 0.15) is 49.2 Å². The molecule has 1 aromatic rings. The highest BCUT2D eigenvalue weighted by Crippen LogP contribution is 2.38. The standard InChI is InChI=1S/C14H23N3S/c1-3-10-7-8-17(9-10)14-16-12-6-4-5-11(15-2)13(12)18-14/h10-11,15H,3-9H2,1-2H3. The van der Waals surface area contributed by atoms with Crippen LogP contribution in [-0.2, 0) is 6.42 Å². The number of hydrogen-bond donors (Lipinski definition) is 1. The zero-order valence-electron chi connectivity index (χ0n) is 11.4. The summed E-state index contributed by atoms with van der Waals surface area (Å²) in [5, 5.41) is 4.71. The van der Waals surface area contributed by atoms with E-state index < -0.39 is 0 Å². The molecule has 0 saturated carbocycles. The summed E-state index contributed by atoms with van der Waals surface area (Å²) in [6.07, 6.45) is 6.37. The SMILES string of the molecule is CCC1CCN(c2nc3c(s2)C(NC)CCC3)C1. The van der Waals surface area contributed by atoms with Crippen molar-refractivity contribution in [3.8, 4) is 0 Å². The van der Waals surface area contributed by atoms with Crippen LogP contribution in [0.15, 0.2) is 0 Å². The highest BCUT2D eigenvalue weighted by molar-refractivity contribution is 7.15. The maximum absolute atomic E-state index is 4.90. The number of aromatic nitrogens is 1. The third-order valence-corrected chi connectivity index (χ3v) is 5.69. The van der Waals surface area contributed by atoms with Crippen molar-refractivity contribution in [1.82, 2.24) is 10.3 Å². The van der Waals surface area contributed by atoms with Crippen LogP contribution in [0.25, 0.3) is 0 Å². The molecule has 1 N–H and O–H groups in total. The lowest BCUT2D eigenvalue weighted by molar-refractivity contribution is 0.501. The molecular formula is C14H23N3S. The molecule has 1 aliphatic heterocycles. The first-order valence-corrected chi connectivity index (χ1v) is 8.05. The molecule has 0 aromatic carbocycles. The summed E-state index contributed by atoms with van der Waals surface area (Å²) in [4.78, 5) is 8.91. The minimum absolute atomic E-state index is 0.546. The van der Waals surface area contributed by atoms with Gasteiger partial charge in [-0.25, -0.2) is 4.98 Å². The van der Waals surface area contributed by atoms with Crippen LogP contribution in [-0.4, -0.2) is 25.1 Å². The Morgan fingerprint density at radius 3 is 3.06 bits per heavy atom. The molecule has 0 spiro atoms. The Morgan fingerprint density at radius 1 is 1.44 bits per heavy atom. The van der Waals surface area contributed by atoms with Gasteiger partial charge in [-0.1, -0.05) is 24.7 Å². The quantitative estimate of drug-likeness (QED) is 0.910. The molecule has 1 aliphatic carbocycles. The van der Waals surface area contributed by atoms with Gasteiger partial charge in [0.2, 0.25) is 0 Å². The van der Waals surface area contributed by atoms with Crippen LogP contribution < -0.4 is 10.2 Å². The lowest BCUT2D eigenvalue weighted by Gasteiger charge is -2.19. The van der Waals surface area contributed by atoms with Gasteiger partial charge in [0.25, 0.3) is 0 Å². The number of anilines is 1. The van der Waals surface area contributed by atoms with Gasteiger partial charge in [0.1, 0.15) is 0 Å². The Balaban J connectivity index is 1.80. The van der Waals surface area contributed by atoms with Gasteiger partial charge in [0, 0.05) is 24.0 Å². The van der Waals surface area contributed by atoms with E-state index in [1.54, 1.807) is 0 Å². The molecule has 1 aromatic heterocycles. The topological polar surface area (TPSA) is 28.2 Å².